The van der Waals surface area contributed by atoms with Crippen LogP contribution in [0.3, 0.4) is 0 Å². The summed E-state index contributed by atoms with van der Waals surface area (Å²) in [7, 11) is 0. The molecule has 2 aromatic carbocycles. The van der Waals surface area contributed by atoms with Gasteiger partial charge in [0.25, 0.3) is 5.91 Å². The van der Waals surface area contributed by atoms with Gasteiger partial charge in [0.1, 0.15) is 5.75 Å². The van der Waals surface area contributed by atoms with Crippen molar-refractivity contribution in [1.29, 1.82) is 0 Å². The highest BCUT2D eigenvalue weighted by Crippen LogP contribution is 2.38. The molecule has 156 valence electrons. The minimum absolute atomic E-state index is 0.0412. The number of carbonyl (C=O) groups is 2. The lowest BCUT2D eigenvalue weighted by Crippen LogP contribution is -2.21. The van der Waals surface area contributed by atoms with E-state index in [1.54, 1.807) is 6.07 Å². The van der Waals surface area contributed by atoms with Crippen molar-refractivity contribution in [3.63, 3.8) is 0 Å². The molecular weight excluding hydrogens is 406 g/mol. The van der Waals surface area contributed by atoms with Crippen LogP contribution in [0.15, 0.2) is 42.5 Å². The zero-order chi connectivity index (χ0) is 21.8. The summed E-state index contributed by atoms with van der Waals surface area (Å²) in [6.45, 7) is 0.451. The van der Waals surface area contributed by atoms with E-state index in [4.69, 9.17) is 4.74 Å². The average Bonchev–Trinajstić information content (AvgIpc) is 2.58. The highest BCUT2D eigenvalue weighted by atomic mass is 19.4. The maximum atomic E-state index is 12.8. The van der Waals surface area contributed by atoms with Crippen LogP contribution in [-0.2, 0) is 21.9 Å². The second-order valence-corrected chi connectivity index (χ2v) is 5.84. The van der Waals surface area contributed by atoms with Gasteiger partial charge in [-0.15, -0.1) is 0 Å². The first kappa shape index (κ1) is 22.1. The smallest absolute Gasteiger partial charge is 0.416 e. The molecule has 2 amide bonds. The van der Waals surface area contributed by atoms with E-state index in [1.165, 1.54) is 25.1 Å². The molecule has 0 saturated carbocycles. The number of benzene rings is 2. The van der Waals surface area contributed by atoms with Gasteiger partial charge in [-0.25, -0.2) is 0 Å². The van der Waals surface area contributed by atoms with E-state index in [9.17, 15) is 35.9 Å². The van der Waals surface area contributed by atoms with Gasteiger partial charge in [-0.2, -0.15) is 26.3 Å². The fourth-order valence-electron chi connectivity index (χ4n) is 2.23. The number of nitrogens with one attached hydrogen (secondary N) is 2. The molecule has 0 aliphatic rings. The third-order valence-electron chi connectivity index (χ3n) is 3.40. The second-order valence-electron chi connectivity index (χ2n) is 5.84. The molecule has 2 rings (SSSR count). The summed E-state index contributed by atoms with van der Waals surface area (Å²) in [6, 6.07) is 6.65. The minimum atomic E-state index is -5.02. The van der Waals surface area contributed by atoms with Crippen molar-refractivity contribution < 1.29 is 40.7 Å². The Morgan fingerprint density at radius 3 is 1.86 bits per heavy atom. The van der Waals surface area contributed by atoms with Gasteiger partial charge < -0.3 is 15.4 Å². The molecule has 0 radical (unpaired) electrons. The lowest BCUT2D eigenvalue weighted by molar-refractivity contribution is -0.143. The van der Waals surface area contributed by atoms with Crippen molar-refractivity contribution in [2.45, 2.75) is 19.3 Å². The molecule has 0 aromatic heterocycles. The fourth-order valence-corrected chi connectivity index (χ4v) is 2.23. The molecule has 0 saturated heterocycles. The monoisotopic (exact) mass is 420 g/mol. The molecule has 0 bridgehead atoms. The largest absolute Gasteiger partial charge is 0.484 e. The van der Waals surface area contributed by atoms with E-state index in [-0.39, 0.29) is 17.7 Å². The van der Waals surface area contributed by atoms with Crippen molar-refractivity contribution in [2.75, 3.05) is 17.2 Å². The van der Waals surface area contributed by atoms with Crippen LogP contribution in [0.2, 0.25) is 0 Å². The summed E-state index contributed by atoms with van der Waals surface area (Å²) in [5.74, 6) is -1.92. The van der Waals surface area contributed by atoms with Crippen LogP contribution >= 0.6 is 0 Å². The van der Waals surface area contributed by atoms with E-state index in [0.717, 1.165) is 0 Å². The first-order valence-corrected chi connectivity index (χ1v) is 7.94. The van der Waals surface area contributed by atoms with Crippen molar-refractivity contribution in [1.82, 2.24) is 0 Å². The third-order valence-corrected chi connectivity index (χ3v) is 3.40. The molecule has 2 N–H and O–H groups in total. The molecule has 0 heterocycles. The molecule has 0 aliphatic heterocycles. The number of hydrogen-bond donors (Lipinski definition) is 2. The van der Waals surface area contributed by atoms with Crippen LogP contribution in [-0.4, -0.2) is 18.4 Å². The number of rotatable bonds is 5. The van der Waals surface area contributed by atoms with Gasteiger partial charge in [0.15, 0.2) is 6.61 Å². The molecule has 0 fully saturated rings. The van der Waals surface area contributed by atoms with E-state index < -0.39 is 41.7 Å². The summed E-state index contributed by atoms with van der Waals surface area (Å²) in [4.78, 5) is 22.9. The van der Waals surface area contributed by atoms with Crippen molar-refractivity contribution in [2.24, 2.45) is 0 Å². The SMILES string of the molecule is CC(=O)Nc1cccc(NC(=O)COc2cc(C(F)(F)F)cc(C(F)(F)F)c2)c1. The van der Waals surface area contributed by atoms with E-state index >= 15 is 0 Å². The fraction of sp³-hybridized carbons (Fsp3) is 0.222. The van der Waals surface area contributed by atoms with Crippen molar-refractivity contribution >= 4 is 23.2 Å². The van der Waals surface area contributed by atoms with Crippen LogP contribution in [0, 0.1) is 0 Å². The van der Waals surface area contributed by atoms with Gasteiger partial charge in [0.2, 0.25) is 5.91 Å². The number of hydrogen-bond acceptors (Lipinski definition) is 3. The summed E-state index contributed by atoms with van der Waals surface area (Å²) in [5.41, 5.74) is -2.48. The zero-order valence-corrected chi connectivity index (χ0v) is 14.7. The van der Waals surface area contributed by atoms with Crippen LogP contribution < -0.4 is 15.4 Å². The standard InChI is InChI=1S/C18H14F6N2O3/c1-10(27)25-13-3-2-4-14(8-13)26-16(28)9-29-15-6-11(17(19,20)21)5-12(7-15)18(22,23)24/h2-8H,9H2,1H3,(H,25,27)(H,26,28). The predicted octanol–water partition coefficient (Wildman–Crippen LogP) is 4.70. The maximum absolute atomic E-state index is 12.8. The molecule has 11 heteroatoms. The van der Waals surface area contributed by atoms with Crippen molar-refractivity contribution in [3.05, 3.63) is 53.6 Å². The highest BCUT2D eigenvalue weighted by Gasteiger charge is 2.37. The van der Waals surface area contributed by atoms with Crippen LogP contribution in [0.25, 0.3) is 0 Å². The molecule has 2 aromatic rings. The van der Waals surface area contributed by atoms with Crippen molar-refractivity contribution in [3.8, 4) is 5.75 Å². The Kier molecular flexibility index (Phi) is 6.40. The topological polar surface area (TPSA) is 67.4 Å². The summed E-state index contributed by atoms with van der Waals surface area (Å²) in [6.07, 6.45) is -10.0. The number of carbonyl (C=O) groups excluding carboxylic acids is 2. The summed E-state index contributed by atoms with van der Waals surface area (Å²) in [5, 5.41) is 4.84. The van der Waals surface area contributed by atoms with Gasteiger partial charge in [0.05, 0.1) is 11.1 Å². The Morgan fingerprint density at radius 1 is 0.862 bits per heavy atom. The third kappa shape index (κ3) is 6.70. The summed E-state index contributed by atoms with van der Waals surface area (Å²) >= 11 is 0. The van der Waals surface area contributed by atoms with E-state index in [0.29, 0.717) is 17.8 Å². The number of anilines is 2. The number of halogens is 6. The van der Waals surface area contributed by atoms with Gasteiger partial charge >= 0.3 is 12.4 Å². The van der Waals surface area contributed by atoms with E-state index in [1.807, 2.05) is 0 Å². The van der Waals surface area contributed by atoms with Gasteiger partial charge in [-0.1, -0.05) is 6.07 Å². The lowest BCUT2D eigenvalue weighted by Gasteiger charge is -2.15. The quantitative estimate of drug-likeness (QED) is 0.690. The van der Waals surface area contributed by atoms with Crippen LogP contribution in [0.4, 0.5) is 37.7 Å². The predicted molar refractivity (Wildman–Crippen MR) is 91.3 cm³/mol. The molecule has 0 atom stereocenters. The Hall–Kier alpha value is -3.24. The van der Waals surface area contributed by atoms with E-state index in [2.05, 4.69) is 10.6 Å². The molecule has 0 spiro atoms. The Labute approximate surface area is 160 Å². The number of amides is 2. The average molecular weight is 420 g/mol. The zero-order valence-electron chi connectivity index (χ0n) is 14.7. The number of alkyl halides is 6. The first-order valence-electron chi connectivity index (χ1n) is 7.94. The second kappa shape index (κ2) is 8.41. The van der Waals surface area contributed by atoms with Gasteiger partial charge in [-0.05, 0) is 36.4 Å². The molecule has 29 heavy (non-hydrogen) atoms. The molecule has 0 aliphatic carbocycles. The molecular formula is C18H14F6N2O3. The molecule has 5 nitrogen and oxygen atoms in total. The highest BCUT2D eigenvalue weighted by molar-refractivity contribution is 5.94. The molecule has 0 unspecified atom stereocenters. The Bertz CT molecular complexity index is 877. The van der Waals surface area contributed by atoms with Gasteiger partial charge in [-0.3, -0.25) is 9.59 Å². The summed E-state index contributed by atoms with van der Waals surface area (Å²) < 4.78 is 81.7. The lowest BCUT2D eigenvalue weighted by atomic mass is 10.1. The minimum Gasteiger partial charge on any atom is -0.484 e. The van der Waals surface area contributed by atoms with Crippen LogP contribution in [0.1, 0.15) is 18.1 Å². The maximum Gasteiger partial charge on any atom is 0.416 e. The van der Waals surface area contributed by atoms with Gasteiger partial charge in [0, 0.05) is 18.3 Å². The first-order chi connectivity index (χ1) is 13.3. The number of ether oxygens (including phenoxy) is 1. The van der Waals surface area contributed by atoms with Crippen LogP contribution in [0.5, 0.6) is 5.75 Å². The Morgan fingerprint density at radius 2 is 1.38 bits per heavy atom. The Balaban J connectivity index is 2.11. The normalized spacial score (nSPS) is 11.7.